The summed E-state index contributed by atoms with van der Waals surface area (Å²) in [6, 6.07) is 10.9. The molecule has 0 heteroatoms. The van der Waals surface area contributed by atoms with Crippen LogP contribution in [0, 0.1) is 0 Å². The Morgan fingerprint density at radius 1 is 0.900 bits per heavy atom. The second kappa shape index (κ2) is 8.09. The molecular formula is C20H28. The summed E-state index contributed by atoms with van der Waals surface area (Å²) < 4.78 is 0. The van der Waals surface area contributed by atoms with Crippen LogP contribution in [0.4, 0.5) is 0 Å². The Morgan fingerprint density at radius 2 is 1.60 bits per heavy atom. The molecule has 0 radical (unpaired) electrons. The van der Waals surface area contributed by atoms with Crippen molar-refractivity contribution in [3.05, 3.63) is 58.7 Å². The summed E-state index contributed by atoms with van der Waals surface area (Å²) in [6.07, 6.45) is 12.7. The number of unbranched alkanes of at least 4 members (excludes halogenated alkanes) is 2. The van der Waals surface area contributed by atoms with Crippen LogP contribution >= 0.6 is 0 Å². The van der Waals surface area contributed by atoms with Crippen LogP contribution in [0.1, 0.15) is 64.4 Å². The standard InChI is InChI=1S/C20H28/c1-3-5-10-18-15-19(13-6-4-2)20(16-18)14-17-11-8-7-9-12-17/h7-9,11-12,16H,3-6,10,13-15H2,1-2H3. The van der Waals surface area contributed by atoms with Crippen LogP contribution in [-0.4, -0.2) is 0 Å². The number of allylic oxidation sites excluding steroid dienone is 4. The molecular weight excluding hydrogens is 240 g/mol. The lowest BCUT2D eigenvalue weighted by atomic mass is 9.98. The van der Waals surface area contributed by atoms with E-state index in [1.54, 1.807) is 16.7 Å². The lowest BCUT2D eigenvalue weighted by Crippen LogP contribution is -1.91. The Hall–Kier alpha value is -1.30. The highest BCUT2D eigenvalue weighted by Crippen LogP contribution is 2.33. The molecule has 0 spiro atoms. The number of hydrogen-bond donors (Lipinski definition) is 0. The average Bonchev–Trinajstić information content (AvgIpc) is 2.86. The van der Waals surface area contributed by atoms with Crippen LogP contribution in [0.5, 0.6) is 0 Å². The van der Waals surface area contributed by atoms with Crippen molar-refractivity contribution in [2.24, 2.45) is 0 Å². The molecule has 108 valence electrons. The van der Waals surface area contributed by atoms with Gasteiger partial charge in [0.1, 0.15) is 0 Å². The monoisotopic (exact) mass is 268 g/mol. The summed E-state index contributed by atoms with van der Waals surface area (Å²) in [4.78, 5) is 0. The van der Waals surface area contributed by atoms with Gasteiger partial charge in [-0.3, -0.25) is 0 Å². The van der Waals surface area contributed by atoms with Crippen molar-refractivity contribution in [3.8, 4) is 0 Å². The van der Waals surface area contributed by atoms with E-state index in [9.17, 15) is 0 Å². The molecule has 0 fully saturated rings. The molecule has 0 bridgehead atoms. The summed E-state index contributed by atoms with van der Waals surface area (Å²) in [7, 11) is 0. The molecule has 2 rings (SSSR count). The zero-order chi connectivity index (χ0) is 14.2. The second-order valence-electron chi connectivity index (χ2n) is 5.98. The minimum atomic E-state index is 1.12. The van der Waals surface area contributed by atoms with Gasteiger partial charge in [0.05, 0.1) is 0 Å². The molecule has 0 aromatic heterocycles. The van der Waals surface area contributed by atoms with Crippen molar-refractivity contribution in [1.82, 2.24) is 0 Å². The smallest absolute Gasteiger partial charge is 0.00261 e. The Bertz CT molecular complexity index is 462. The van der Waals surface area contributed by atoms with E-state index in [1.165, 1.54) is 50.5 Å². The van der Waals surface area contributed by atoms with Gasteiger partial charge in [-0.1, -0.05) is 74.2 Å². The van der Waals surface area contributed by atoms with E-state index in [1.807, 2.05) is 0 Å². The Kier molecular flexibility index (Phi) is 6.11. The Morgan fingerprint density at radius 3 is 2.30 bits per heavy atom. The van der Waals surface area contributed by atoms with Crippen LogP contribution in [0.25, 0.3) is 0 Å². The zero-order valence-electron chi connectivity index (χ0n) is 13.1. The summed E-state index contributed by atoms with van der Waals surface area (Å²) in [5.41, 5.74) is 6.44. The van der Waals surface area contributed by atoms with Gasteiger partial charge >= 0.3 is 0 Å². The van der Waals surface area contributed by atoms with Gasteiger partial charge in [0.25, 0.3) is 0 Å². The van der Waals surface area contributed by atoms with Crippen molar-refractivity contribution in [2.45, 2.75) is 65.2 Å². The van der Waals surface area contributed by atoms with Crippen LogP contribution in [0.3, 0.4) is 0 Å². The quantitative estimate of drug-likeness (QED) is 0.523. The SMILES string of the molecule is CCCCC1=CC(Cc2ccccc2)=C(CCCC)C1. The maximum Gasteiger partial charge on any atom is -0.00261 e. The first-order chi connectivity index (χ1) is 9.83. The van der Waals surface area contributed by atoms with E-state index in [0.717, 1.165) is 6.42 Å². The minimum absolute atomic E-state index is 1.12. The molecule has 0 aliphatic heterocycles. The topological polar surface area (TPSA) is 0 Å². The largest absolute Gasteiger partial charge is 0.0659 e. The maximum atomic E-state index is 2.51. The summed E-state index contributed by atoms with van der Waals surface area (Å²) in [5.74, 6) is 0. The molecule has 1 aliphatic carbocycles. The van der Waals surface area contributed by atoms with Crippen molar-refractivity contribution in [3.63, 3.8) is 0 Å². The molecule has 0 unspecified atom stereocenters. The van der Waals surface area contributed by atoms with E-state index in [0.29, 0.717) is 0 Å². The van der Waals surface area contributed by atoms with Gasteiger partial charge in [0.2, 0.25) is 0 Å². The highest BCUT2D eigenvalue weighted by molar-refractivity contribution is 5.42. The lowest BCUT2D eigenvalue weighted by molar-refractivity contribution is 0.743. The van der Waals surface area contributed by atoms with E-state index in [2.05, 4.69) is 50.3 Å². The molecule has 0 atom stereocenters. The average molecular weight is 268 g/mol. The molecule has 0 amide bonds. The van der Waals surface area contributed by atoms with Crippen molar-refractivity contribution >= 4 is 0 Å². The van der Waals surface area contributed by atoms with Crippen molar-refractivity contribution in [1.29, 1.82) is 0 Å². The molecule has 1 aromatic carbocycles. The fraction of sp³-hybridized carbons (Fsp3) is 0.500. The van der Waals surface area contributed by atoms with E-state index < -0.39 is 0 Å². The van der Waals surface area contributed by atoms with E-state index in [4.69, 9.17) is 0 Å². The fourth-order valence-corrected chi connectivity index (χ4v) is 2.98. The third-order valence-electron chi connectivity index (χ3n) is 4.19. The number of rotatable bonds is 8. The number of hydrogen-bond acceptors (Lipinski definition) is 0. The summed E-state index contributed by atoms with van der Waals surface area (Å²) >= 11 is 0. The fourth-order valence-electron chi connectivity index (χ4n) is 2.98. The van der Waals surface area contributed by atoms with E-state index in [-0.39, 0.29) is 0 Å². The van der Waals surface area contributed by atoms with Crippen LogP contribution in [0.15, 0.2) is 53.1 Å². The first kappa shape index (κ1) is 15.1. The van der Waals surface area contributed by atoms with Crippen LogP contribution in [-0.2, 0) is 6.42 Å². The van der Waals surface area contributed by atoms with Crippen LogP contribution in [0.2, 0.25) is 0 Å². The summed E-state index contributed by atoms with van der Waals surface area (Å²) in [5, 5.41) is 0. The van der Waals surface area contributed by atoms with Gasteiger partial charge in [0.15, 0.2) is 0 Å². The van der Waals surface area contributed by atoms with Gasteiger partial charge in [0, 0.05) is 0 Å². The molecule has 1 aromatic rings. The highest BCUT2D eigenvalue weighted by atomic mass is 14.2. The normalized spacial score (nSPS) is 14.8. The molecule has 20 heavy (non-hydrogen) atoms. The minimum Gasteiger partial charge on any atom is -0.0659 e. The zero-order valence-corrected chi connectivity index (χ0v) is 13.1. The van der Waals surface area contributed by atoms with Gasteiger partial charge in [-0.2, -0.15) is 0 Å². The highest BCUT2D eigenvalue weighted by Gasteiger charge is 2.15. The molecule has 0 heterocycles. The second-order valence-corrected chi connectivity index (χ2v) is 5.98. The predicted molar refractivity (Wildman–Crippen MR) is 88.9 cm³/mol. The maximum absolute atomic E-state index is 2.51. The molecule has 0 nitrogen and oxygen atoms in total. The van der Waals surface area contributed by atoms with Gasteiger partial charge < -0.3 is 0 Å². The Labute approximate surface area is 124 Å². The predicted octanol–water partition coefficient (Wildman–Crippen LogP) is 6.24. The molecule has 1 aliphatic rings. The Balaban J connectivity index is 2.06. The third kappa shape index (κ3) is 4.37. The van der Waals surface area contributed by atoms with Gasteiger partial charge in [-0.25, -0.2) is 0 Å². The lowest BCUT2D eigenvalue weighted by Gasteiger charge is -2.07. The summed E-state index contributed by atoms with van der Waals surface area (Å²) in [6.45, 7) is 4.57. The van der Waals surface area contributed by atoms with Gasteiger partial charge in [-0.05, 0) is 49.7 Å². The molecule has 0 saturated heterocycles. The van der Waals surface area contributed by atoms with Crippen molar-refractivity contribution in [2.75, 3.05) is 0 Å². The van der Waals surface area contributed by atoms with Crippen molar-refractivity contribution < 1.29 is 0 Å². The number of benzene rings is 1. The first-order valence-electron chi connectivity index (χ1n) is 8.27. The van der Waals surface area contributed by atoms with Crippen LogP contribution < -0.4 is 0 Å². The first-order valence-corrected chi connectivity index (χ1v) is 8.27. The van der Waals surface area contributed by atoms with Gasteiger partial charge in [-0.15, -0.1) is 0 Å². The molecule has 0 saturated carbocycles. The van der Waals surface area contributed by atoms with E-state index >= 15 is 0 Å². The molecule has 0 N–H and O–H groups in total. The third-order valence-corrected chi connectivity index (χ3v) is 4.19.